The van der Waals surface area contributed by atoms with E-state index in [0.29, 0.717) is 6.04 Å². The molecule has 5 heteroatoms. The first kappa shape index (κ1) is 10.6. The summed E-state index contributed by atoms with van der Waals surface area (Å²) in [4.78, 5) is 2.65. The van der Waals surface area contributed by atoms with Crippen molar-refractivity contribution in [2.75, 3.05) is 13.1 Å². The summed E-state index contributed by atoms with van der Waals surface area (Å²) in [6, 6.07) is 1.45. The van der Waals surface area contributed by atoms with E-state index in [9.17, 15) is 0 Å². The van der Waals surface area contributed by atoms with Gasteiger partial charge in [0.15, 0.2) is 0 Å². The van der Waals surface area contributed by atoms with Crippen LogP contribution < -0.4 is 5.32 Å². The summed E-state index contributed by atoms with van der Waals surface area (Å²) in [6.07, 6.45) is 5.45. The van der Waals surface area contributed by atoms with Gasteiger partial charge in [-0.3, -0.25) is 4.90 Å². The first-order valence-corrected chi connectivity index (χ1v) is 7.00. The molecular formula is C11H18N4S. The van der Waals surface area contributed by atoms with E-state index in [1.54, 1.807) is 0 Å². The van der Waals surface area contributed by atoms with Crippen molar-refractivity contribution in [2.24, 2.45) is 0 Å². The molecule has 2 fully saturated rings. The molecule has 2 atom stereocenters. The van der Waals surface area contributed by atoms with E-state index in [-0.39, 0.29) is 0 Å². The molecule has 3 heterocycles. The van der Waals surface area contributed by atoms with Crippen molar-refractivity contribution in [3.63, 3.8) is 0 Å². The molecule has 1 N–H and O–H groups in total. The fourth-order valence-electron chi connectivity index (χ4n) is 2.98. The molecule has 2 aliphatic rings. The van der Waals surface area contributed by atoms with E-state index in [1.807, 2.05) is 5.38 Å². The predicted octanol–water partition coefficient (Wildman–Crippen LogP) is 1.25. The summed E-state index contributed by atoms with van der Waals surface area (Å²) in [7, 11) is 0. The molecule has 16 heavy (non-hydrogen) atoms. The second-order valence-corrected chi connectivity index (χ2v) is 5.38. The molecule has 0 bridgehead atoms. The quantitative estimate of drug-likeness (QED) is 0.860. The van der Waals surface area contributed by atoms with Gasteiger partial charge in [-0.05, 0) is 37.3 Å². The molecule has 0 aliphatic carbocycles. The van der Waals surface area contributed by atoms with Gasteiger partial charge in [0.25, 0.3) is 0 Å². The average Bonchev–Trinajstić information content (AvgIpc) is 2.96. The topological polar surface area (TPSA) is 41.1 Å². The van der Waals surface area contributed by atoms with Gasteiger partial charge in [-0.25, -0.2) is 0 Å². The highest BCUT2D eigenvalue weighted by Gasteiger charge is 2.34. The highest BCUT2D eigenvalue weighted by molar-refractivity contribution is 7.03. The van der Waals surface area contributed by atoms with Gasteiger partial charge in [0.05, 0.1) is 5.69 Å². The van der Waals surface area contributed by atoms with Crippen molar-refractivity contribution in [3.05, 3.63) is 11.1 Å². The third-order valence-electron chi connectivity index (χ3n) is 3.81. The zero-order valence-corrected chi connectivity index (χ0v) is 10.2. The highest BCUT2D eigenvalue weighted by atomic mass is 32.1. The number of aromatic nitrogens is 2. The van der Waals surface area contributed by atoms with Gasteiger partial charge in [-0.2, -0.15) is 0 Å². The first-order chi connectivity index (χ1) is 7.93. The lowest BCUT2D eigenvalue weighted by Gasteiger charge is -2.32. The van der Waals surface area contributed by atoms with Gasteiger partial charge in [0.2, 0.25) is 0 Å². The van der Waals surface area contributed by atoms with Crippen molar-refractivity contribution in [1.82, 2.24) is 19.8 Å². The van der Waals surface area contributed by atoms with Crippen molar-refractivity contribution >= 4 is 11.5 Å². The summed E-state index contributed by atoms with van der Waals surface area (Å²) < 4.78 is 3.89. The van der Waals surface area contributed by atoms with E-state index < -0.39 is 0 Å². The molecule has 2 saturated heterocycles. The third-order valence-corrected chi connectivity index (χ3v) is 4.36. The molecule has 2 unspecified atom stereocenters. The Labute approximate surface area is 100 Å². The molecule has 0 spiro atoms. The monoisotopic (exact) mass is 238 g/mol. The van der Waals surface area contributed by atoms with Crippen LogP contribution in [-0.2, 0) is 6.54 Å². The number of nitrogens with zero attached hydrogens (tertiary/aromatic N) is 3. The Morgan fingerprint density at radius 1 is 1.38 bits per heavy atom. The van der Waals surface area contributed by atoms with Crippen LogP contribution in [0.3, 0.4) is 0 Å². The van der Waals surface area contributed by atoms with Crippen LogP contribution in [0, 0.1) is 0 Å². The number of rotatable bonds is 3. The van der Waals surface area contributed by atoms with E-state index in [4.69, 9.17) is 0 Å². The van der Waals surface area contributed by atoms with Crippen LogP contribution in [0.15, 0.2) is 5.38 Å². The van der Waals surface area contributed by atoms with Gasteiger partial charge in [-0.15, -0.1) is 5.10 Å². The Hall–Kier alpha value is -0.520. The lowest BCUT2D eigenvalue weighted by Crippen LogP contribution is -2.44. The number of fused-ring (bicyclic) bond motifs is 1. The second-order valence-electron chi connectivity index (χ2n) is 4.77. The molecule has 1 aromatic rings. The summed E-state index contributed by atoms with van der Waals surface area (Å²) in [5, 5.41) is 9.75. The van der Waals surface area contributed by atoms with Crippen LogP contribution in [0.2, 0.25) is 0 Å². The van der Waals surface area contributed by atoms with E-state index in [2.05, 4.69) is 19.8 Å². The maximum absolute atomic E-state index is 4.07. The smallest absolute Gasteiger partial charge is 0.0893 e. The van der Waals surface area contributed by atoms with Gasteiger partial charge >= 0.3 is 0 Å². The minimum Gasteiger partial charge on any atom is -0.307 e. The Balaban J connectivity index is 1.55. The van der Waals surface area contributed by atoms with Crippen LogP contribution in [-0.4, -0.2) is 39.7 Å². The predicted molar refractivity (Wildman–Crippen MR) is 64.4 cm³/mol. The van der Waals surface area contributed by atoms with Crippen LogP contribution in [0.25, 0.3) is 0 Å². The lowest BCUT2D eigenvalue weighted by molar-refractivity contribution is 0.180. The average molecular weight is 238 g/mol. The Bertz CT molecular complexity index is 327. The van der Waals surface area contributed by atoms with Crippen LogP contribution in [0.4, 0.5) is 0 Å². The van der Waals surface area contributed by atoms with E-state index >= 15 is 0 Å². The van der Waals surface area contributed by atoms with Crippen LogP contribution in [0.1, 0.15) is 31.4 Å². The van der Waals surface area contributed by atoms with Crippen LogP contribution in [0.5, 0.6) is 0 Å². The Morgan fingerprint density at radius 2 is 2.38 bits per heavy atom. The summed E-state index contributed by atoms with van der Waals surface area (Å²) >= 11 is 1.43. The van der Waals surface area contributed by atoms with Crippen LogP contribution >= 0.6 is 11.5 Å². The molecule has 4 nitrogen and oxygen atoms in total. The fraction of sp³-hybridized carbons (Fsp3) is 0.818. The maximum atomic E-state index is 4.07. The first-order valence-electron chi connectivity index (χ1n) is 6.17. The SMILES string of the molecule is c1snnc1CNC1CCN2CCCCC12. The van der Waals surface area contributed by atoms with Gasteiger partial charge in [-0.1, -0.05) is 10.9 Å². The number of hydrogen-bond donors (Lipinski definition) is 1. The normalized spacial score (nSPS) is 30.5. The Morgan fingerprint density at radius 3 is 3.25 bits per heavy atom. The van der Waals surface area contributed by atoms with Crippen molar-refractivity contribution < 1.29 is 0 Å². The minimum absolute atomic E-state index is 0.669. The van der Waals surface area contributed by atoms with Gasteiger partial charge in [0.1, 0.15) is 0 Å². The number of hydrogen-bond acceptors (Lipinski definition) is 5. The second kappa shape index (κ2) is 4.77. The minimum atomic E-state index is 0.669. The lowest BCUT2D eigenvalue weighted by atomic mass is 9.99. The molecule has 0 radical (unpaired) electrons. The van der Waals surface area contributed by atoms with Crippen molar-refractivity contribution in [1.29, 1.82) is 0 Å². The number of piperidine rings is 1. The highest BCUT2D eigenvalue weighted by Crippen LogP contribution is 2.27. The molecule has 2 aliphatic heterocycles. The Kier molecular flexibility index (Phi) is 3.17. The van der Waals surface area contributed by atoms with Crippen molar-refractivity contribution in [2.45, 2.75) is 44.3 Å². The summed E-state index contributed by atoms with van der Waals surface area (Å²) in [5.41, 5.74) is 1.08. The van der Waals surface area contributed by atoms with E-state index in [1.165, 1.54) is 50.3 Å². The molecular weight excluding hydrogens is 220 g/mol. The standard InChI is InChI=1S/C11H18N4S/c1-2-5-15-6-4-10(11(15)3-1)12-7-9-8-16-14-13-9/h8,10-12H,1-7H2. The maximum Gasteiger partial charge on any atom is 0.0893 e. The molecule has 0 amide bonds. The van der Waals surface area contributed by atoms with Crippen molar-refractivity contribution in [3.8, 4) is 0 Å². The largest absolute Gasteiger partial charge is 0.307 e. The molecule has 1 aromatic heterocycles. The summed E-state index contributed by atoms with van der Waals surface area (Å²) in [5.74, 6) is 0. The number of nitrogens with one attached hydrogen (secondary N) is 1. The molecule has 88 valence electrons. The zero-order chi connectivity index (χ0) is 10.8. The third kappa shape index (κ3) is 2.12. The van der Waals surface area contributed by atoms with Gasteiger partial charge in [0, 0.05) is 30.6 Å². The zero-order valence-electron chi connectivity index (χ0n) is 9.43. The summed E-state index contributed by atoms with van der Waals surface area (Å²) in [6.45, 7) is 3.46. The van der Waals surface area contributed by atoms with E-state index in [0.717, 1.165) is 18.3 Å². The molecule has 3 rings (SSSR count). The molecule has 0 saturated carbocycles. The van der Waals surface area contributed by atoms with Gasteiger partial charge < -0.3 is 5.32 Å². The molecule has 0 aromatic carbocycles. The fourth-order valence-corrected chi connectivity index (χ4v) is 3.43.